The Bertz CT molecular complexity index is 2480. The van der Waals surface area contributed by atoms with E-state index in [1.807, 2.05) is 71.0 Å². The molecule has 0 radical (unpaired) electrons. The Morgan fingerprint density at radius 2 is 1.45 bits per heavy atom. The minimum absolute atomic E-state index is 0.00407. The zero-order valence-corrected chi connectivity index (χ0v) is 51.7. The number of rotatable bonds is 35. The summed E-state index contributed by atoms with van der Waals surface area (Å²) >= 11 is 0. The van der Waals surface area contributed by atoms with E-state index in [0.29, 0.717) is 55.6 Å². The van der Waals surface area contributed by atoms with Gasteiger partial charge in [0.05, 0.1) is 48.7 Å². The number of carbonyl (C=O) groups excluding carboxylic acids is 8. The van der Waals surface area contributed by atoms with Crippen molar-refractivity contribution < 1.29 is 57.3 Å². The highest BCUT2D eigenvalue weighted by Crippen LogP contribution is 2.30. The number of primary amides is 1. The number of amides is 8. The van der Waals surface area contributed by atoms with Gasteiger partial charge in [0.25, 0.3) is 0 Å². The van der Waals surface area contributed by atoms with Crippen molar-refractivity contribution in [2.24, 2.45) is 46.8 Å². The molecule has 22 nitrogen and oxygen atoms in total. The third-order valence-corrected chi connectivity index (χ3v) is 15.7. The monoisotopic (exact) mass is 1170 g/mol. The Morgan fingerprint density at radius 3 is 2.04 bits per heavy atom. The highest BCUT2D eigenvalue weighted by Gasteiger charge is 2.43. The standard InChI is InChI=1S/C62H98N10O12/c1-14-33-83-60(78)48(35-43-21-17-16-18-22-43)69-57(75)42(9)56(82-13)49-24-20-32-72(49)52(74)36-50(81-12)55(41(8)15-2)70(10)51(73)34-40(7)25-30-46(63)54(39(5)6)71(11)62(80)84-37-44-26-28-45(29-27-44)67-58(76)47(23-19-31-66-61(65)79)68-59(77)53(64)38(3)4/h14,16-18,21-22,26-30,38-42,47-50,53-56H,1,15,19-20,23-25,31-37,63-64H2,2-13H3,(H,67,76)(H,68,77)(H,69,75)(H3,65,66,79)/b46-30-/t40?,41-,42+,47-,48-,49-,50+,53-,54-,55-,56+/m0/s1. The molecule has 1 fully saturated rings. The van der Waals surface area contributed by atoms with Gasteiger partial charge in [-0.2, -0.15) is 0 Å². The van der Waals surface area contributed by atoms with Crippen LogP contribution in [-0.2, 0) is 60.7 Å². The van der Waals surface area contributed by atoms with Crippen molar-refractivity contribution in [2.75, 3.05) is 53.3 Å². The molecular weight excluding hydrogens is 1080 g/mol. The van der Waals surface area contributed by atoms with Crippen LogP contribution in [0.4, 0.5) is 15.3 Å². The summed E-state index contributed by atoms with van der Waals surface area (Å²) in [6, 6.07) is 11.2. The highest BCUT2D eigenvalue weighted by atomic mass is 16.6. The first kappa shape index (κ1) is 71.2. The molecule has 0 spiro atoms. The van der Waals surface area contributed by atoms with Crippen LogP contribution in [0.1, 0.15) is 118 Å². The third-order valence-electron chi connectivity index (χ3n) is 15.7. The van der Waals surface area contributed by atoms with E-state index in [-0.39, 0.29) is 80.9 Å². The van der Waals surface area contributed by atoms with Gasteiger partial charge in [0, 0.05) is 65.6 Å². The molecule has 0 aliphatic carbocycles. The fourth-order valence-electron chi connectivity index (χ4n) is 10.6. The Labute approximate surface area is 498 Å². The number of esters is 1. The van der Waals surface area contributed by atoms with Crippen LogP contribution in [0.2, 0.25) is 0 Å². The molecule has 468 valence electrons. The predicted molar refractivity (Wildman–Crippen MR) is 323 cm³/mol. The first-order valence-electron chi connectivity index (χ1n) is 29.4. The number of allylic oxidation sites excluding steroid dienone is 1. The van der Waals surface area contributed by atoms with E-state index in [0.717, 1.165) is 5.56 Å². The number of benzene rings is 2. The summed E-state index contributed by atoms with van der Waals surface area (Å²) < 4.78 is 23.1. The number of nitrogens with two attached hydrogens (primary N) is 3. The van der Waals surface area contributed by atoms with Crippen LogP contribution >= 0.6 is 0 Å². The molecule has 0 bridgehead atoms. The zero-order chi connectivity index (χ0) is 62.8. The lowest BCUT2D eigenvalue weighted by Gasteiger charge is -2.39. The molecule has 2 aromatic carbocycles. The summed E-state index contributed by atoms with van der Waals surface area (Å²) in [4.78, 5) is 111. The lowest BCUT2D eigenvalue weighted by molar-refractivity contribution is -0.149. The van der Waals surface area contributed by atoms with E-state index in [2.05, 4.69) is 27.8 Å². The van der Waals surface area contributed by atoms with E-state index < -0.39 is 90.2 Å². The number of hydrogen-bond acceptors (Lipinski definition) is 14. The van der Waals surface area contributed by atoms with Gasteiger partial charge in [0.15, 0.2) is 0 Å². The van der Waals surface area contributed by atoms with E-state index in [1.54, 1.807) is 76.0 Å². The Morgan fingerprint density at radius 1 is 0.798 bits per heavy atom. The number of ether oxygens (including phenoxy) is 4. The average molecular weight is 1180 g/mol. The summed E-state index contributed by atoms with van der Waals surface area (Å²) in [7, 11) is 6.42. The van der Waals surface area contributed by atoms with Crippen LogP contribution in [0.15, 0.2) is 79.0 Å². The molecule has 1 saturated heterocycles. The molecule has 1 aliphatic heterocycles. The molecule has 8 amide bonds. The zero-order valence-electron chi connectivity index (χ0n) is 51.7. The van der Waals surface area contributed by atoms with Crippen molar-refractivity contribution in [3.05, 3.63) is 90.2 Å². The molecular formula is C62H98N10O12. The maximum atomic E-state index is 14.4. The summed E-state index contributed by atoms with van der Waals surface area (Å²) in [6.07, 6.45) is 4.75. The second-order valence-corrected chi connectivity index (χ2v) is 22.9. The molecule has 11 atom stereocenters. The van der Waals surface area contributed by atoms with Gasteiger partial charge in [0.2, 0.25) is 29.5 Å². The van der Waals surface area contributed by atoms with Crippen LogP contribution in [0, 0.1) is 29.6 Å². The summed E-state index contributed by atoms with van der Waals surface area (Å²) in [5.41, 5.74) is 20.3. The molecule has 1 aliphatic rings. The number of nitrogens with one attached hydrogen (secondary N) is 4. The van der Waals surface area contributed by atoms with Crippen molar-refractivity contribution >= 4 is 53.3 Å². The molecule has 0 aromatic heterocycles. The van der Waals surface area contributed by atoms with Gasteiger partial charge in [-0.3, -0.25) is 24.0 Å². The minimum Gasteiger partial charge on any atom is -0.460 e. The number of likely N-dealkylation sites (tertiary alicyclic amines) is 1. The van der Waals surface area contributed by atoms with Crippen LogP contribution in [0.3, 0.4) is 0 Å². The van der Waals surface area contributed by atoms with Crippen molar-refractivity contribution in [3.63, 3.8) is 0 Å². The smallest absolute Gasteiger partial charge is 0.410 e. The number of nitrogens with zero attached hydrogens (tertiary/aromatic N) is 3. The highest BCUT2D eigenvalue weighted by molar-refractivity contribution is 5.98. The predicted octanol–water partition coefficient (Wildman–Crippen LogP) is 5.77. The quantitative estimate of drug-likeness (QED) is 0.0245. The fraction of sp³-hybridized carbons (Fsp3) is 0.613. The number of methoxy groups -OCH3 is 2. The van der Waals surface area contributed by atoms with E-state index in [1.165, 1.54) is 18.1 Å². The van der Waals surface area contributed by atoms with Crippen LogP contribution < -0.4 is 38.5 Å². The van der Waals surface area contributed by atoms with E-state index in [4.69, 9.17) is 36.1 Å². The average Bonchev–Trinajstić information content (AvgIpc) is 3.78. The van der Waals surface area contributed by atoms with Crippen LogP contribution in [0.5, 0.6) is 0 Å². The van der Waals surface area contributed by atoms with Gasteiger partial charge in [-0.05, 0) is 79.0 Å². The molecule has 2 aromatic rings. The van der Waals surface area contributed by atoms with Gasteiger partial charge in [-0.15, -0.1) is 0 Å². The van der Waals surface area contributed by atoms with Crippen LogP contribution in [-0.4, -0.2) is 159 Å². The third kappa shape index (κ3) is 22.2. The van der Waals surface area contributed by atoms with Crippen LogP contribution in [0.25, 0.3) is 0 Å². The van der Waals surface area contributed by atoms with Crippen molar-refractivity contribution in [2.45, 2.75) is 168 Å². The maximum absolute atomic E-state index is 14.4. The molecule has 3 rings (SSSR count). The van der Waals surface area contributed by atoms with Gasteiger partial charge >= 0.3 is 18.1 Å². The van der Waals surface area contributed by atoms with E-state index in [9.17, 15) is 38.4 Å². The van der Waals surface area contributed by atoms with Gasteiger partial charge in [-0.1, -0.05) is 123 Å². The SMILES string of the molecule is C=CCOC(=O)[C@H](Cc1ccccc1)NC(=O)[C@H](C)[C@@H](OC)[C@@H]1CCCN1C(=O)C[C@@H](OC)[C@H]([C@@H](C)CC)N(C)C(=O)CC(C)C/C=C(\N)[C@H](C(C)C)N(C)C(=O)OCc1ccc(NC(=O)[C@H](CCCNC(N)=O)NC(=O)[C@@H](N)C(C)C)cc1. The topological polar surface area (TPSA) is 309 Å². The second-order valence-electron chi connectivity index (χ2n) is 22.9. The Hall–Kier alpha value is -7.04. The molecule has 1 unspecified atom stereocenters. The molecule has 22 heteroatoms. The van der Waals surface area contributed by atoms with Gasteiger partial charge in [0.1, 0.15) is 25.3 Å². The van der Waals surface area contributed by atoms with E-state index >= 15 is 0 Å². The number of anilines is 1. The molecule has 1 heterocycles. The van der Waals surface area contributed by atoms with Crippen molar-refractivity contribution in [1.29, 1.82) is 0 Å². The number of urea groups is 1. The molecule has 0 saturated carbocycles. The maximum Gasteiger partial charge on any atom is 0.410 e. The summed E-state index contributed by atoms with van der Waals surface area (Å²) in [6.45, 7) is 19.4. The minimum atomic E-state index is -0.961. The van der Waals surface area contributed by atoms with Crippen molar-refractivity contribution in [1.82, 2.24) is 30.7 Å². The Balaban J connectivity index is 1.64. The number of hydrogen-bond donors (Lipinski definition) is 7. The summed E-state index contributed by atoms with van der Waals surface area (Å²) in [5, 5.41) is 10.9. The summed E-state index contributed by atoms with van der Waals surface area (Å²) in [5.74, 6) is -3.49. The lowest BCUT2D eigenvalue weighted by Crippen LogP contribution is -2.54. The molecule has 10 N–H and O–H groups in total. The van der Waals surface area contributed by atoms with Gasteiger partial charge in [-0.25, -0.2) is 14.4 Å². The van der Waals surface area contributed by atoms with Gasteiger partial charge < -0.3 is 72.1 Å². The Kier molecular flexibility index (Phi) is 30.5. The first-order chi connectivity index (χ1) is 39.8. The number of carbonyl (C=O) groups is 8. The second kappa shape index (κ2) is 36.0. The first-order valence-corrected chi connectivity index (χ1v) is 29.4. The largest absolute Gasteiger partial charge is 0.460 e. The fourth-order valence-corrected chi connectivity index (χ4v) is 10.6. The van der Waals surface area contributed by atoms with Crippen molar-refractivity contribution in [3.8, 4) is 0 Å². The lowest BCUT2D eigenvalue weighted by atomic mass is 9.89. The molecule has 84 heavy (non-hydrogen) atoms. The number of likely N-dealkylation sites (N-methyl/N-ethyl adjacent to an activating group) is 2. The normalized spacial score (nSPS) is 17.0.